The van der Waals surface area contributed by atoms with Crippen LogP contribution in [-0.2, 0) is 14.6 Å². The zero-order valence-corrected chi connectivity index (χ0v) is 19.6. The summed E-state index contributed by atoms with van der Waals surface area (Å²) in [4.78, 5) is 16.1. The number of amides is 1. The molecule has 4 rings (SSSR count). The van der Waals surface area contributed by atoms with Crippen molar-refractivity contribution in [2.75, 3.05) is 13.7 Å². The maximum absolute atomic E-state index is 13.2. The Hall–Kier alpha value is -3.65. The maximum atomic E-state index is 13.2. The zero-order chi connectivity index (χ0) is 24.3. The Labute approximate surface area is 197 Å². The van der Waals surface area contributed by atoms with Crippen molar-refractivity contribution < 1.29 is 22.3 Å². The summed E-state index contributed by atoms with van der Waals surface area (Å²) in [6, 6.07) is 19.9. The summed E-state index contributed by atoms with van der Waals surface area (Å²) >= 11 is 0. The monoisotopic (exact) mass is 480 g/mol. The lowest BCUT2D eigenvalue weighted by atomic mass is 9.90. The van der Waals surface area contributed by atoms with E-state index in [1.54, 1.807) is 7.11 Å². The first-order chi connectivity index (χ1) is 16.3. The van der Waals surface area contributed by atoms with E-state index in [0.717, 1.165) is 34.2 Å². The second-order valence-corrected chi connectivity index (χ2v) is 10.3. The molecular formula is C26H25FN2O4S. The van der Waals surface area contributed by atoms with Gasteiger partial charge in [0.1, 0.15) is 16.8 Å². The number of aromatic amines is 1. The second kappa shape index (κ2) is 9.69. The number of halogens is 1. The quantitative estimate of drug-likeness (QED) is 0.365. The summed E-state index contributed by atoms with van der Waals surface area (Å²) in [5.74, 6) is -0.684. The molecule has 176 valence electrons. The van der Waals surface area contributed by atoms with Crippen LogP contribution >= 0.6 is 0 Å². The average Bonchev–Trinajstić information content (AvgIpc) is 3.28. The molecule has 4 aromatic rings. The summed E-state index contributed by atoms with van der Waals surface area (Å²) < 4.78 is 44.2. The zero-order valence-electron chi connectivity index (χ0n) is 18.8. The van der Waals surface area contributed by atoms with Gasteiger partial charge in [-0.05, 0) is 60.5 Å². The molecule has 0 fully saturated rings. The van der Waals surface area contributed by atoms with Crippen LogP contribution < -0.4 is 10.1 Å². The number of rotatable bonds is 8. The molecule has 6 nitrogen and oxygen atoms in total. The molecule has 0 saturated carbocycles. The number of aromatic nitrogens is 1. The Bertz CT molecular complexity index is 1400. The van der Waals surface area contributed by atoms with Gasteiger partial charge in [0.15, 0.2) is 9.84 Å². The number of hydrogen-bond donors (Lipinski definition) is 2. The van der Waals surface area contributed by atoms with Crippen molar-refractivity contribution in [3.8, 4) is 5.75 Å². The molecule has 8 heteroatoms. The van der Waals surface area contributed by atoms with Crippen LogP contribution in [0, 0.1) is 5.82 Å². The van der Waals surface area contributed by atoms with Gasteiger partial charge in [-0.3, -0.25) is 4.79 Å². The SMILES string of the molecule is COc1ccc(C(CNC(=O)C(C)S(=O)(=O)c2ccc(F)cc2)c2c[nH]c3ccccc23)cc1. The Balaban J connectivity index is 1.60. The standard InChI is InChI=1S/C26H25FN2O4S/c1-17(34(31,32)21-13-9-19(27)10-14-21)26(30)29-15-23(18-7-11-20(33-2)12-8-18)24-16-28-25-6-4-3-5-22(24)25/h3-14,16-17,23,28H,15H2,1-2H3,(H,29,30). The van der Waals surface area contributed by atoms with Gasteiger partial charge in [0.05, 0.1) is 12.0 Å². The fraction of sp³-hybridized carbons (Fsp3) is 0.192. The van der Waals surface area contributed by atoms with E-state index in [4.69, 9.17) is 4.74 Å². The molecule has 2 N–H and O–H groups in total. The van der Waals surface area contributed by atoms with Crippen molar-refractivity contribution in [2.24, 2.45) is 0 Å². The fourth-order valence-corrected chi connectivity index (χ4v) is 5.23. The van der Waals surface area contributed by atoms with E-state index in [0.29, 0.717) is 5.75 Å². The van der Waals surface area contributed by atoms with Crippen molar-refractivity contribution >= 4 is 26.6 Å². The van der Waals surface area contributed by atoms with E-state index in [1.165, 1.54) is 19.1 Å². The number of carbonyl (C=O) groups is 1. The highest BCUT2D eigenvalue weighted by Crippen LogP contribution is 2.31. The lowest BCUT2D eigenvalue weighted by molar-refractivity contribution is -0.120. The summed E-state index contributed by atoms with van der Waals surface area (Å²) in [6.45, 7) is 1.53. The minimum atomic E-state index is -3.97. The minimum Gasteiger partial charge on any atom is -0.497 e. The fourth-order valence-electron chi connectivity index (χ4n) is 3.94. The molecule has 0 radical (unpaired) electrons. The Kier molecular flexibility index (Phi) is 6.70. The number of H-pyrrole nitrogens is 1. The number of para-hydroxylation sites is 1. The maximum Gasteiger partial charge on any atom is 0.238 e. The van der Waals surface area contributed by atoms with Gasteiger partial charge in [-0.15, -0.1) is 0 Å². The summed E-state index contributed by atoms with van der Waals surface area (Å²) in [5, 5.41) is 2.49. The highest BCUT2D eigenvalue weighted by Gasteiger charge is 2.30. The van der Waals surface area contributed by atoms with Gasteiger partial charge in [0.2, 0.25) is 5.91 Å². The molecule has 0 saturated heterocycles. The Morgan fingerprint density at radius 2 is 1.71 bits per heavy atom. The first-order valence-electron chi connectivity index (χ1n) is 10.8. The van der Waals surface area contributed by atoms with E-state index in [9.17, 15) is 17.6 Å². The van der Waals surface area contributed by atoms with Crippen molar-refractivity contribution in [3.63, 3.8) is 0 Å². The molecule has 0 aliphatic carbocycles. The van der Waals surface area contributed by atoms with Gasteiger partial charge < -0.3 is 15.0 Å². The third-order valence-electron chi connectivity index (χ3n) is 5.97. The van der Waals surface area contributed by atoms with Crippen LogP contribution in [0.25, 0.3) is 10.9 Å². The van der Waals surface area contributed by atoms with E-state index in [2.05, 4.69) is 10.3 Å². The third-order valence-corrected chi connectivity index (χ3v) is 8.05. The molecule has 0 aliphatic rings. The van der Waals surface area contributed by atoms with E-state index >= 15 is 0 Å². The lowest BCUT2D eigenvalue weighted by Gasteiger charge is -2.20. The predicted octanol–water partition coefficient (Wildman–Crippen LogP) is 4.43. The molecule has 0 spiro atoms. The molecule has 34 heavy (non-hydrogen) atoms. The number of ether oxygens (including phenoxy) is 1. The average molecular weight is 481 g/mol. The van der Waals surface area contributed by atoms with E-state index < -0.39 is 26.8 Å². The summed E-state index contributed by atoms with van der Waals surface area (Å²) in [7, 11) is -2.37. The largest absolute Gasteiger partial charge is 0.497 e. The highest BCUT2D eigenvalue weighted by molar-refractivity contribution is 7.92. The van der Waals surface area contributed by atoms with Gasteiger partial charge in [-0.1, -0.05) is 30.3 Å². The first kappa shape index (κ1) is 23.5. The van der Waals surface area contributed by atoms with Gasteiger partial charge in [-0.2, -0.15) is 0 Å². The predicted molar refractivity (Wildman–Crippen MR) is 129 cm³/mol. The Morgan fingerprint density at radius 3 is 2.38 bits per heavy atom. The van der Waals surface area contributed by atoms with Crippen LogP contribution in [0.4, 0.5) is 4.39 Å². The topological polar surface area (TPSA) is 88.3 Å². The van der Waals surface area contributed by atoms with Crippen LogP contribution in [-0.4, -0.2) is 38.2 Å². The molecule has 2 unspecified atom stereocenters. The lowest BCUT2D eigenvalue weighted by Crippen LogP contribution is -2.39. The third kappa shape index (κ3) is 4.68. The van der Waals surface area contributed by atoms with Crippen molar-refractivity contribution in [2.45, 2.75) is 23.0 Å². The number of nitrogens with one attached hydrogen (secondary N) is 2. The number of fused-ring (bicyclic) bond motifs is 1. The van der Waals surface area contributed by atoms with Gasteiger partial charge >= 0.3 is 0 Å². The molecular weight excluding hydrogens is 455 g/mol. The number of methoxy groups -OCH3 is 1. The molecule has 3 aromatic carbocycles. The molecule has 0 bridgehead atoms. The van der Waals surface area contributed by atoms with Crippen molar-refractivity contribution in [1.29, 1.82) is 0 Å². The number of benzene rings is 3. The van der Waals surface area contributed by atoms with Crippen LogP contribution in [0.3, 0.4) is 0 Å². The molecule has 1 heterocycles. The molecule has 2 atom stereocenters. The molecule has 1 aromatic heterocycles. The van der Waals surface area contributed by atoms with Gasteiger partial charge in [0, 0.05) is 29.6 Å². The smallest absolute Gasteiger partial charge is 0.238 e. The second-order valence-electron chi connectivity index (χ2n) is 8.00. The van der Waals surface area contributed by atoms with Crippen LogP contribution in [0.1, 0.15) is 24.0 Å². The first-order valence-corrected chi connectivity index (χ1v) is 12.3. The summed E-state index contributed by atoms with van der Waals surface area (Å²) in [6.07, 6.45) is 1.91. The van der Waals surface area contributed by atoms with Crippen LogP contribution in [0.5, 0.6) is 5.75 Å². The van der Waals surface area contributed by atoms with Crippen molar-refractivity contribution in [3.05, 3.63) is 95.9 Å². The van der Waals surface area contributed by atoms with Crippen LogP contribution in [0.15, 0.2) is 83.9 Å². The highest BCUT2D eigenvalue weighted by atomic mass is 32.2. The van der Waals surface area contributed by atoms with E-state index in [1.807, 2.05) is 54.7 Å². The minimum absolute atomic E-state index is 0.0973. The van der Waals surface area contributed by atoms with Gasteiger partial charge in [-0.25, -0.2) is 12.8 Å². The number of sulfone groups is 1. The summed E-state index contributed by atoms with van der Waals surface area (Å²) in [5.41, 5.74) is 2.89. The van der Waals surface area contributed by atoms with Crippen molar-refractivity contribution in [1.82, 2.24) is 10.3 Å². The number of carbonyl (C=O) groups excluding carboxylic acids is 1. The van der Waals surface area contributed by atoms with E-state index in [-0.39, 0.29) is 17.4 Å². The molecule has 1 amide bonds. The molecule has 0 aliphatic heterocycles. The normalized spacial score (nSPS) is 13.4. The van der Waals surface area contributed by atoms with Crippen LogP contribution in [0.2, 0.25) is 0 Å². The Morgan fingerprint density at radius 1 is 1.03 bits per heavy atom. The number of hydrogen-bond acceptors (Lipinski definition) is 4. The van der Waals surface area contributed by atoms with Gasteiger partial charge in [0.25, 0.3) is 0 Å².